The van der Waals surface area contributed by atoms with Crippen molar-refractivity contribution in [1.29, 1.82) is 0 Å². The van der Waals surface area contributed by atoms with E-state index in [4.69, 9.17) is 4.42 Å². The second-order valence-corrected chi connectivity index (χ2v) is 7.76. The highest BCUT2D eigenvalue weighted by atomic mass is 32.2. The van der Waals surface area contributed by atoms with Crippen LogP contribution < -0.4 is 5.43 Å². The van der Waals surface area contributed by atoms with Crippen LogP contribution >= 0.6 is 11.8 Å². The molecule has 32 heavy (non-hydrogen) atoms. The Morgan fingerprint density at radius 1 is 1.09 bits per heavy atom. The summed E-state index contributed by atoms with van der Waals surface area (Å²) in [6.45, 7) is 2.04. The molecule has 0 saturated heterocycles. The summed E-state index contributed by atoms with van der Waals surface area (Å²) in [5.74, 6) is 1.34. The number of aryl methyl sites for hydroxylation is 1. The molecule has 1 N–H and O–H groups in total. The number of rotatable bonds is 8. The van der Waals surface area contributed by atoms with Crippen molar-refractivity contribution in [2.75, 3.05) is 5.75 Å². The Kier molecular flexibility index (Phi) is 6.94. The molecule has 0 atom stereocenters. The lowest BCUT2D eigenvalue weighted by Gasteiger charge is -2.10. The van der Waals surface area contributed by atoms with E-state index in [2.05, 4.69) is 20.7 Å². The zero-order valence-electron chi connectivity index (χ0n) is 17.4. The van der Waals surface area contributed by atoms with Gasteiger partial charge >= 0.3 is 0 Å². The highest BCUT2D eigenvalue weighted by molar-refractivity contribution is 7.99. The second-order valence-electron chi connectivity index (χ2n) is 6.82. The minimum atomic E-state index is -0.239. The molecule has 160 valence electrons. The maximum Gasteiger partial charge on any atom is 0.250 e. The standard InChI is InChI=1S/C24H21N5O2S/c1-18-11-13-20(14-12-18)29-23(19-7-3-2-4-8-19)27-28-24(29)32-17-22(30)26-25-15-5-9-21-10-6-16-31-21/h2-16H,17H2,1H3,(H,26,30)/b9-5-,25-15-. The third-order valence-corrected chi connectivity index (χ3v) is 5.37. The predicted molar refractivity (Wildman–Crippen MR) is 127 cm³/mol. The summed E-state index contributed by atoms with van der Waals surface area (Å²) in [5.41, 5.74) is 5.55. The number of nitrogens with one attached hydrogen (secondary N) is 1. The first kappa shape index (κ1) is 21.3. The van der Waals surface area contributed by atoms with E-state index in [0.717, 1.165) is 22.6 Å². The average molecular weight is 444 g/mol. The van der Waals surface area contributed by atoms with Crippen molar-refractivity contribution in [2.45, 2.75) is 12.1 Å². The van der Waals surface area contributed by atoms with Crippen molar-refractivity contribution in [2.24, 2.45) is 5.10 Å². The summed E-state index contributed by atoms with van der Waals surface area (Å²) in [4.78, 5) is 12.2. The Morgan fingerprint density at radius 3 is 2.66 bits per heavy atom. The third-order valence-electron chi connectivity index (χ3n) is 4.44. The summed E-state index contributed by atoms with van der Waals surface area (Å²) in [7, 11) is 0. The molecule has 4 aromatic rings. The van der Waals surface area contributed by atoms with E-state index < -0.39 is 0 Å². The van der Waals surface area contributed by atoms with Gasteiger partial charge in [-0.25, -0.2) is 5.43 Å². The van der Waals surface area contributed by atoms with Crippen LogP contribution in [0.5, 0.6) is 0 Å². The van der Waals surface area contributed by atoms with Crippen LogP contribution in [0.3, 0.4) is 0 Å². The lowest BCUT2D eigenvalue weighted by molar-refractivity contribution is -0.118. The molecule has 0 aliphatic heterocycles. The summed E-state index contributed by atoms with van der Waals surface area (Å²) in [6.07, 6.45) is 6.52. The number of hydrogen-bond donors (Lipinski definition) is 1. The van der Waals surface area contributed by atoms with Crippen molar-refractivity contribution in [3.63, 3.8) is 0 Å². The van der Waals surface area contributed by atoms with Crippen LogP contribution in [0.25, 0.3) is 23.2 Å². The van der Waals surface area contributed by atoms with E-state index in [9.17, 15) is 4.79 Å². The second kappa shape index (κ2) is 10.4. The number of benzene rings is 2. The van der Waals surface area contributed by atoms with Crippen molar-refractivity contribution < 1.29 is 9.21 Å². The molecule has 1 amide bonds. The first-order valence-electron chi connectivity index (χ1n) is 9.93. The number of allylic oxidation sites excluding steroid dienone is 1. The molecule has 2 aromatic heterocycles. The molecule has 0 saturated carbocycles. The van der Waals surface area contributed by atoms with Gasteiger partial charge in [0.1, 0.15) is 5.76 Å². The maximum absolute atomic E-state index is 12.2. The quantitative estimate of drug-likeness (QED) is 0.241. The van der Waals surface area contributed by atoms with Crippen LogP contribution in [-0.2, 0) is 4.79 Å². The third kappa shape index (κ3) is 5.41. The zero-order valence-corrected chi connectivity index (χ0v) is 18.2. The molecule has 0 spiro atoms. The summed E-state index contributed by atoms with van der Waals surface area (Å²) < 4.78 is 7.14. The van der Waals surface area contributed by atoms with Crippen molar-refractivity contribution in [3.8, 4) is 17.1 Å². The molecule has 0 bridgehead atoms. The summed E-state index contributed by atoms with van der Waals surface area (Å²) in [6, 6.07) is 21.6. The van der Waals surface area contributed by atoms with Crippen molar-refractivity contribution >= 4 is 30.0 Å². The molecule has 0 aliphatic carbocycles. The predicted octanol–water partition coefficient (Wildman–Crippen LogP) is 4.74. The van der Waals surface area contributed by atoms with Crippen LogP contribution in [0.1, 0.15) is 11.3 Å². The lowest BCUT2D eigenvalue weighted by atomic mass is 10.2. The van der Waals surface area contributed by atoms with Gasteiger partial charge < -0.3 is 4.42 Å². The largest absolute Gasteiger partial charge is 0.465 e. The maximum atomic E-state index is 12.2. The Bertz CT molecular complexity index is 1210. The molecule has 0 aliphatic rings. The number of thioether (sulfide) groups is 1. The summed E-state index contributed by atoms with van der Waals surface area (Å²) in [5, 5.41) is 13.3. The number of amides is 1. The van der Waals surface area contributed by atoms with Gasteiger partial charge in [-0.15, -0.1) is 10.2 Å². The number of hydrogen-bond acceptors (Lipinski definition) is 6. The average Bonchev–Trinajstić information content (AvgIpc) is 3.49. The molecule has 2 heterocycles. The molecular weight excluding hydrogens is 422 g/mol. The Hall–Kier alpha value is -3.91. The fourth-order valence-corrected chi connectivity index (χ4v) is 3.65. The Labute approximate surface area is 189 Å². The van der Waals surface area contributed by atoms with Crippen LogP contribution in [0, 0.1) is 6.92 Å². The van der Waals surface area contributed by atoms with Gasteiger partial charge in [-0.1, -0.05) is 59.8 Å². The van der Waals surface area contributed by atoms with E-state index in [0.29, 0.717) is 10.9 Å². The van der Waals surface area contributed by atoms with Gasteiger partial charge in [0.25, 0.3) is 5.91 Å². The number of carbonyl (C=O) groups is 1. The molecule has 7 nitrogen and oxygen atoms in total. The fraction of sp³-hybridized carbons (Fsp3) is 0.0833. The van der Waals surface area contributed by atoms with Crippen LogP contribution in [0.4, 0.5) is 0 Å². The van der Waals surface area contributed by atoms with Gasteiger partial charge in [0.15, 0.2) is 11.0 Å². The van der Waals surface area contributed by atoms with Gasteiger partial charge in [0.2, 0.25) is 0 Å². The van der Waals surface area contributed by atoms with Crippen LogP contribution in [-0.4, -0.2) is 32.6 Å². The Morgan fingerprint density at radius 2 is 1.91 bits per heavy atom. The smallest absolute Gasteiger partial charge is 0.250 e. The topological polar surface area (TPSA) is 85.3 Å². The molecule has 2 aromatic carbocycles. The van der Waals surface area contributed by atoms with E-state index in [-0.39, 0.29) is 11.7 Å². The number of carbonyl (C=O) groups excluding carboxylic acids is 1. The normalized spacial score (nSPS) is 11.4. The van der Waals surface area contributed by atoms with Crippen LogP contribution in [0.2, 0.25) is 0 Å². The number of hydrazone groups is 1. The molecule has 0 radical (unpaired) electrons. The molecular formula is C24H21N5O2S. The first-order valence-corrected chi connectivity index (χ1v) is 10.9. The molecule has 4 rings (SSSR count). The van der Waals surface area contributed by atoms with Gasteiger partial charge in [-0.05, 0) is 43.3 Å². The zero-order chi connectivity index (χ0) is 22.2. The van der Waals surface area contributed by atoms with Crippen molar-refractivity contribution in [3.05, 3.63) is 90.4 Å². The van der Waals surface area contributed by atoms with E-state index in [1.807, 2.05) is 72.2 Å². The van der Waals surface area contributed by atoms with E-state index >= 15 is 0 Å². The van der Waals surface area contributed by atoms with Gasteiger partial charge in [-0.2, -0.15) is 5.10 Å². The minimum absolute atomic E-state index is 0.151. The number of nitrogens with zero attached hydrogens (tertiary/aromatic N) is 4. The monoisotopic (exact) mass is 443 g/mol. The molecule has 0 unspecified atom stereocenters. The van der Waals surface area contributed by atoms with Crippen LogP contribution in [0.15, 0.2) is 93.7 Å². The Balaban J connectivity index is 1.45. The first-order chi connectivity index (χ1) is 15.7. The highest BCUT2D eigenvalue weighted by Crippen LogP contribution is 2.28. The SMILES string of the molecule is Cc1ccc(-n2c(SCC(=O)N/N=C\C=C/c3ccco3)nnc2-c2ccccc2)cc1. The number of aromatic nitrogens is 3. The molecule has 8 heteroatoms. The van der Waals surface area contributed by atoms with Gasteiger partial charge in [0, 0.05) is 17.5 Å². The summed E-state index contributed by atoms with van der Waals surface area (Å²) >= 11 is 1.30. The van der Waals surface area contributed by atoms with E-state index in [1.54, 1.807) is 24.5 Å². The lowest BCUT2D eigenvalue weighted by Crippen LogP contribution is -2.19. The van der Waals surface area contributed by atoms with Gasteiger partial charge in [0.05, 0.1) is 12.0 Å². The highest BCUT2D eigenvalue weighted by Gasteiger charge is 2.17. The minimum Gasteiger partial charge on any atom is -0.465 e. The van der Waals surface area contributed by atoms with Crippen molar-refractivity contribution in [1.82, 2.24) is 20.2 Å². The molecule has 0 fully saturated rings. The van der Waals surface area contributed by atoms with E-state index in [1.165, 1.54) is 18.0 Å². The fourth-order valence-electron chi connectivity index (χ4n) is 2.90. The van der Waals surface area contributed by atoms with Gasteiger partial charge in [-0.3, -0.25) is 9.36 Å². The number of furan rings is 1.